The van der Waals surface area contributed by atoms with Crippen LogP contribution in [-0.4, -0.2) is 54.1 Å². The zero-order valence-corrected chi connectivity index (χ0v) is 14.0. The maximum absolute atomic E-state index is 10.2. The molecular weight excluding hydrogens is 278 g/mol. The second kappa shape index (κ2) is 7.95. The van der Waals surface area contributed by atoms with E-state index in [9.17, 15) is 10.2 Å². The van der Waals surface area contributed by atoms with Crippen molar-refractivity contribution in [2.75, 3.05) is 26.7 Å². The Morgan fingerprint density at radius 2 is 1.95 bits per heavy atom. The smallest absolute Gasteiger partial charge is 0.125 e. The van der Waals surface area contributed by atoms with Gasteiger partial charge in [-0.15, -0.1) is 0 Å². The maximum Gasteiger partial charge on any atom is 0.125 e. The van der Waals surface area contributed by atoms with E-state index < -0.39 is 6.10 Å². The first-order valence-corrected chi connectivity index (χ1v) is 8.21. The summed E-state index contributed by atoms with van der Waals surface area (Å²) in [4.78, 5) is 2.10. The van der Waals surface area contributed by atoms with Gasteiger partial charge in [0.1, 0.15) is 18.5 Å². The summed E-state index contributed by atoms with van der Waals surface area (Å²) < 4.78 is 5.80. The van der Waals surface area contributed by atoms with Gasteiger partial charge >= 0.3 is 0 Å². The Hall–Kier alpha value is -1.10. The third-order valence-electron chi connectivity index (χ3n) is 4.52. The Kier molecular flexibility index (Phi) is 6.24. The number of hydrogen-bond acceptors (Lipinski definition) is 4. The fourth-order valence-electron chi connectivity index (χ4n) is 3.32. The van der Waals surface area contributed by atoms with Crippen LogP contribution in [0, 0.1) is 19.8 Å². The minimum atomic E-state index is -0.525. The van der Waals surface area contributed by atoms with Gasteiger partial charge in [-0.2, -0.15) is 0 Å². The first-order chi connectivity index (χ1) is 10.5. The molecule has 0 saturated heterocycles. The van der Waals surface area contributed by atoms with Gasteiger partial charge in [-0.3, -0.25) is 0 Å². The van der Waals surface area contributed by atoms with Crippen LogP contribution < -0.4 is 4.74 Å². The zero-order valence-electron chi connectivity index (χ0n) is 14.0. The van der Waals surface area contributed by atoms with Crippen molar-refractivity contribution in [3.8, 4) is 5.75 Å². The number of hydrogen-bond donors (Lipinski definition) is 2. The fraction of sp³-hybridized carbons (Fsp3) is 0.667. The van der Waals surface area contributed by atoms with Crippen molar-refractivity contribution < 1.29 is 14.9 Å². The molecule has 1 aromatic carbocycles. The largest absolute Gasteiger partial charge is 0.490 e. The molecule has 0 bridgehead atoms. The molecule has 0 radical (unpaired) electrons. The number of likely N-dealkylation sites (N-methyl/N-ethyl adjacent to an activating group) is 1. The molecule has 3 atom stereocenters. The SMILES string of the molecule is Cc1cccc(C)c1OCC(O)CN(C)CC1CCCC1O. The normalized spacial score (nSPS) is 23.0. The van der Waals surface area contributed by atoms with Gasteiger partial charge in [0.2, 0.25) is 0 Å². The van der Waals surface area contributed by atoms with Crippen LogP contribution >= 0.6 is 0 Å². The molecule has 4 heteroatoms. The van der Waals surface area contributed by atoms with Gasteiger partial charge in [-0.1, -0.05) is 24.6 Å². The molecule has 3 unspecified atom stereocenters. The van der Waals surface area contributed by atoms with Gasteiger partial charge in [0.05, 0.1) is 6.10 Å². The number of nitrogens with zero attached hydrogens (tertiary/aromatic N) is 1. The molecule has 124 valence electrons. The molecule has 0 aromatic heterocycles. The molecule has 0 heterocycles. The van der Waals surface area contributed by atoms with Crippen LogP contribution in [0.15, 0.2) is 18.2 Å². The Morgan fingerprint density at radius 3 is 2.55 bits per heavy atom. The number of aryl methyl sites for hydroxylation is 2. The van der Waals surface area contributed by atoms with Crippen molar-refractivity contribution in [3.05, 3.63) is 29.3 Å². The molecule has 1 aliphatic carbocycles. The third-order valence-corrected chi connectivity index (χ3v) is 4.52. The number of benzene rings is 1. The van der Waals surface area contributed by atoms with E-state index >= 15 is 0 Å². The number of aliphatic hydroxyl groups is 2. The van der Waals surface area contributed by atoms with Crippen molar-refractivity contribution in [1.29, 1.82) is 0 Å². The minimum Gasteiger partial charge on any atom is -0.490 e. The highest BCUT2D eigenvalue weighted by atomic mass is 16.5. The molecule has 0 amide bonds. The van der Waals surface area contributed by atoms with E-state index in [1.54, 1.807) is 0 Å². The predicted molar refractivity (Wildman–Crippen MR) is 88.3 cm³/mol. The zero-order chi connectivity index (χ0) is 16.1. The topological polar surface area (TPSA) is 52.9 Å². The van der Waals surface area contributed by atoms with Crippen LogP contribution in [0.2, 0.25) is 0 Å². The van der Waals surface area contributed by atoms with Crippen LogP contribution in [0.25, 0.3) is 0 Å². The molecule has 1 fully saturated rings. The lowest BCUT2D eigenvalue weighted by Gasteiger charge is -2.25. The molecule has 1 aromatic rings. The van der Waals surface area contributed by atoms with Gasteiger partial charge in [0.25, 0.3) is 0 Å². The molecule has 2 N–H and O–H groups in total. The van der Waals surface area contributed by atoms with Crippen molar-refractivity contribution in [2.45, 2.75) is 45.3 Å². The molecule has 2 rings (SSSR count). The summed E-state index contributed by atoms with van der Waals surface area (Å²) in [6.45, 7) is 5.73. The summed E-state index contributed by atoms with van der Waals surface area (Å²) in [5.74, 6) is 1.21. The molecule has 4 nitrogen and oxygen atoms in total. The second-order valence-corrected chi connectivity index (χ2v) is 6.67. The highest BCUT2D eigenvalue weighted by Crippen LogP contribution is 2.26. The average molecular weight is 307 g/mol. The van der Waals surface area contributed by atoms with Crippen molar-refractivity contribution in [2.24, 2.45) is 5.92 Å². The molecular formula is C18H29NO3. The lowest BCUT2D eigenvalue weighted by molar-refractivity contribution is 0.0575. The second-order valence-electron chi connectivity index (χ2n) is 6.67. The molecule has 1 saturated carbocycles. The Labute approximate surface area is 133 Å². The van der Waals surface area contributed by atoms with Crippen LogP contribution in [0.1, 0.15) is 30.4 Å². The standard InChI is InChI=1S/C18H29NO3/c1-13-6-4-7-14(2)18(13)22-12-16(20)11-19(3)10-15-8-5-9-17(15)21/h4,6-7,15-17,20-21H,5,8-12H2,1-3H3. The molecule has 0 aliphatic heterocycles. The third kappa shape index (κ3) is 4.70. The molecule has 0 spiro atoms. The van der Waals surface area contributed by atoms with Gasteiger partial charge < -0.3 is 19.8 Å². The quantitative estimate of drug-likeness (QED) is 0.810. The lowest BCUT2D eigenvalue weighted by Crippen LogP contribution is -2.37. The summed E-state index contributed by atoms with van der Waals surface area (Å²) in [7, 11) is 1.99. The van der Waals surface area contributed by atoms with E-state index in [1.807, 2.05) is 39.1 Å². The van der Waals surface area contributed by atoms with E-state index in [1.165, 1.54) is 0 Å². The maximum atomic E-state index is 10.2. The predicted octanol–water partition coefficient (Wildman–Crippen LogP) is 2.14. The Bertz CT molecular complexity index is 457. The number of ether oxygens (including phenoxy) is 1. The number of para-hydroxylation sites is 1. The van der Waals surface area contributed by atoms with Gasteiger partial charge in [-0.25, -0.2) is 0 Å². The van der Waals surface area contributed by atoms with Crippen LogP contribution in [0.5, 0.6) is 5.75 Å². The van der Waals surface area contributed by atoms with Crippen molar-refractivity contribution in [3.63, 3.8) is 0 Å². The van der Waals surface area contributed by atoms with Crippen molar-refractivity contribution >= 4 is 0 Å². The summed E-state index contributed by atoms with van der Waals surface area (Å²) in [6, 6.07) is 6.04. The van der Waals surface area contributed by atoms with E-state index in [-0.39, 0.29) is 6.10 Å². The van der Waals surface area contributed by atoms with E-state index in [2.05, 4.69) is 4.90 Å². The Balaban J connectivity index is 1.76. The number of aliphatic hydroxyl groups excluding tert-OH is 2. The summed E-state index contributed by atoms with van der Waals surface area (Å²) >= 11 is 0. The summed E-state index contributed by atoms with van der Waals surface area (Å²) in [5.41, 5.74) is 2.18. The average Bonchev–Trinajstić information content (AvgIpc) is 2.83. The highest BCUT2D eigenvalue weighted by Gasteiger charge is 2.26. The number of rotatable bonds is 7. The van der Waals surface area contributed by atoms with E-state index in [0.717, 1.165) is 42.7 Å². The monoisotopic (exact) mass is 307 g/mol. The van der Waals surface area contributed by atoms with Gasteiger partial charge in [0.15, 0.2) is 0 Å². The van der Waals surface area contributed by atoms with Crippen LogP contribution in [0.3, 0.4) is 0 Å². The van der Waals surface area contributed by atoms with Crippen LogP contribution in [-0.2, 0) is 0 Å². The molecule has 22 heavy (non-hydrogen) atoms. The van der Waals surface area contributed by atoms with Gasteiger partial charge in [0, 0.05) is 13.1 Å². The minimum absolute atomic E-state index is 0.175. The van der Waals surface area contributed by atoms with Crippen LogP contribution in [0.4, 0.5) is 0 Å². The first kappa shape index (κ1) is 17.3. The first-order valence-electron chi connectivity index (χ1n) is 8.21. The highest BCUT2D eigenvalue weighted by molar-refractivity contribution is 5.39. The fourth-order valence-corrected chi connectivity index (χ4v) is 3.32. The van der Waals surface area contributed by atoms with E-state index in [4.69, 9.17) is 4.74 Å². The van der Waals surface area contributed by atoms with Crippen molar-refractivity contribution in [1.82, 2.24) is 4.90 Å². The lowest BCUT2D eigenvalue weighted by atomic mass is 10.1. The van der Waals surface area contributed by atoms with E-state index in [0.29, 0.717) is 19.1 Å². The molecule has 1 aliphatic rings. The Morgan fingerprint density at radius 1 is 1.27 bits per heavy atom. The summed E-state index contributed by atoms with van der Waals surface area (Å²) in [5, 5.41) is 20.0. The van der Waals surface area contributed by atoms with Gasteiger partial charge in [-0.05, 0) is 50.8 Å². The summed E-state index contributed by atoms with van der Waals surface area (Å²) in [6.07, 6.45) is 2.41.